The van der Waals surface area contributed by atoms with Gasteiger partial charge in [0.2, 0.25) is 0 Å². The standard InChI is InChI=1S/C19H18N4O4S.ClH/c24-19(16-6-7-17(27-16)23(25)26)22-10-8-21(9-11-22)12-15-13-28-18(20-15)14-4-2-1-3-5-14;/h1-7,13H,8-12H2;1H. The van der Waals surface area contributed by atoms with E-state index in [1.54, 1.807) is 16.2 Å². The summed E-state index contributed by atoms with van der Waals surface area (Å²) in [7, 11) is 0. The second-order valence-corrected chi connectivity index (χ2v) is 7.33. The zero-order chi connectivity index (χ0) is 19.5. The van der Waals surface area contributed by atoms with Crippen molar-refractivity contribution in [2.45, 2.75) is 6.54 Å². The molecule has 1 aromatic carbocycles. The maximum atomic E-state index is 12.4. The van der Waals surface area contributed by atoms with E-state index in [1.807, 2.05) is 30.3 Å². The van der Waals surface area contributed by atoms with E-state index in [1.165, 1.54) is 12.1 Å². The molecule has 0 saturated carbocycles. The summed E-state index contributed by atoms with van der Waals surface area (Å²) < 4.78 is 5.01. The Morgan fingerprint density at radius 2 is 1.86 bits per heavy atom. The Labute approximate surface area is 177 Å². The van der Waals surface area contributed by atoms with E-state index in [0.29, 0.717) is 26.2 Å². The number of aromatic nitrogens is 1. The first-order valence-corrected chi connectivity index (χ1v) is 9.74. The van der Waals surface area contributed by atoms with Crippen LogP contribution in [0.5, 0.6) is 0 Å². The van der Waals surface area contributed by atoms with Crippen LogP contribution in [0.1, 0.15) is 16.2 Å². The Morgan fingerprint density at radius 3 is 2.52 bits per heavy atom. The highest BCUT2D eigenvalue weighted by atomic mass is 35.5. The summed E-state index contributed by atoms with van der Waals surface area (Å²) in [5, 5.41) is 13.8. The van der Waals surface area contributed by atoms with Gasteiger partial charge in [0.05, 0.1) is 11.8 Å². The second kappa shape index (κ2) is 9.17. The molecule has 0 spiro atoms. The third-order valence-corrected chi connectivity index (χ3v) is 5.54. The first-order valence-electron chi connectivity index (χ1n) is 8.86. The maximum absolute atomic E-state index is 12.4. The predicted octanol–water partition coefficient (Wildman–Crippen LogP) is 3.69. The summed E-state index contributed by atoms with van der Waals surface area (Å²) in [5.41, 5.74) is 2.13. The van der Waals surface area contributed by atoms with Crippen molar-refractivity contribution >= 4 is 35.5 Å². The van der Waals surface area contributed by atoms with Crippen molar-refractivity contribution in [1.29, 1.82) is 0 Å². The number of rotatable bonds is 5. The third-order valence-electron chi connectivity index (χ3n) is 4.60. The average molecular weight is 435 g/mol. The van der Waals surface area contributed by atoms with Crippen LogP contribution in [0.15, 0.2) is 52.3 Å². The lowest BCUT2D eigenvalue weighted by molar-refractivity contribution is -0.402. The van der Waals surface area contributed by atoms with Crippen molar-refractivity contribution in [2.75, 3.05) is 26.2 Å². The van der Waals surface area contributed by atoms with Crippen LogP contribution in [0.25, 0.3) is 10.6 Å². The molecule has 4 rings (SSSR count). The summed E-state index contributed by atoms with van der Waals surface area (Å²) in [6.45, 7) is 3.25. The Hall–Kier alpha value is -2.75. The monoisotopic (exact) mass is 434 g/mol. The summed E-state index contributed by atoms with van der Waals surface area (Å²) in [4.78, 5) is 31.1. The van der Waals surface area contributed by atoms with Gasteiger partial charge in [0.15, 0.2) is 5.76 Å². The number of furan rings is 1. The molecule has 0 unspecified atom stereocenters. The summed E-state index contributed by atoms with van der Waals surface area (Å²) in [6.07, 6.45) is 0. The van der Waals surface area contributed by atoms with Crippen LogP contribution in [0.2, 0.25) is 0 Å². The molecular weight excluding hydrogens is 416 g/mol. The van der Waals surface area contributed by atoms with Gasteiger partial charge in [0.25, 0.3) is 5.91 Å². The van der Waals surface area contributed by atoms with Crippen molar-refractivity contribution in [2.24, 2.45) is 0 Å². The number of halogens is 1. The number of thiazole rings is 1. The fourth-order valence-electron chi connectivity index (χ4n) is 3.13. The van der Waals surface area contributed by atoms with Gasteiger partial charge in [-0.3, -0.25) is 19.8 Å². The summed E-state index contributed by atoms with van der Waals surface area (Å²) in [6, 6.07) is 12.6. The number of benzene rings is 1. The Kier molecular flexibility index (Phi) is 6.63. The SMILES string of the molecule is Cl.O=C(c1ccc([N+](=O)[O-])o1)N1CCN(Cc2csc(-c3ccccc3)n2)CC1. The minimum absolute atomic E-state index is 0. The van der Waals surface area contributed by atoms with E-state index < -0.39 is 10.8 Å². The van der Waals surface area contributed by atoms with Crippen LogP contribution in [-0.4, -0.2) is 51.8 Å². The molecule has 1 aliphatic rings. The number of amides is 1. The molecule has 0 aliphatic carbocycles. The molecule has 0 radical (unpaired) electrons. The van der Waals surface area contributed by atoms with Crippen LogP contribution in [0, 0.1) is 10.1 Å². The maximum Gasteiger partial charge on any atom is 0.433 e. The van der Waals surface area contributed by atoms with Crippen molar-refractivity contribution in [3.8, 4) is 10.6 Å². The van der Waals surface area contributed by atoms with Gasteiger partial charge in [0.1, 0.15) is 9.93 Å². The minimum Gasteiger partial charge on any atom is -0.395 e. The van der Waals surface area contributed by atoms with E-state index >= 15 is 0 Å². The summed E-state index contributed by atoms with van der Waals surface area (Å²) >= 11 is 1.63. The first-order chi connectivity index (χ1) is 13.6. The summed E-state index contributed by atoms with van der Waals surface area (Å²) in [5.74, 6) is -0.723. The van der Waals surface area contributed by atoms with Gasteiger partial charge in [0, 0.05) is 43.7 Å². The highest BCUT2D eigenvalue weighted by Crippen LogP contribution is 2.24. The zero-order valence-electron chi connectivity index (χ0n) is 15.4. The van der Waals surface area contributed by atoms with E-state index in [9.17, 15) is 14.9 Å². The van der Waals surface area contributed by atoms with Gasteiger partial charge in [-0.25, -0.2) is 4.98 Å². The van der Waals surface area contributed by atoms with Gasteiger partial charge >= 0.3 is 5.88 Å². The molecule has 1 fully saturated rings. The molecule has 1 saturated heterocycles. The lowest BCUT2D eigenvalue weighted by Gasteiger charge is -2.33. The highest BCUT2D eigenvalue weighted by Gasteiger charge is 2.26. The fourth-order valence-corrected chi connectivity index (χ4v) is 3.94. The Balaban J connectivity index is 0.00000240. The van der Waals surface area contributed by atoms with Gasteiger partial charge in [-0.1, -0.05) is 30.3 Å². The smallest absolute Gasteiger partial charge is 0.395 e. The van der Waals surface area contributed by atoms with Gasteiger partial charge < -0.3 is 9.32 Å². The molecule has 1 aliphatic heterocycles. The molecule has 3 heterocycles. The molecule has 29 heavy (non-hydrogen) atoms. The molecule has 0 N–H and O–H groups in total. The minimum atomic E-state index is -0.647. The number of carbonyl (C=O) groups is 1. The fraction of sp³-hybridized carbons (Fsp3) is 0.263. The van der Waals surface area contributed by atoms with Crippen molar-refractivity contribution < 1.29 is 14.1 Å². The lowest BCUT2D eigenvalue weighted by atomic mass is 10.2. The lowest BCUT2D eigenvalue weighted by Crippen LogP contribution is -2.48. The molecule has 8 nitrogen and oxygen atoms in total. The Bertz CT molecular complexity index is 983. The molecule has 152 valence electrons. The largest absolute Gasteiger partial charge is 0.433 e. The predicted molar refractivity (Wildman–Crippen MR) is 111 cm³/mol. The zero-order valence-corrected chi connectivity index (χ0v) is 17.0. The number of hydrogen-bond acceptors (Lipinski definition) is 7. The topological polar surface area (TPSA) is 92.7 Å². The van der Waals surface area contributed by atoms with E-state index in [0.717, 1.165) is 22.8 Å². The van der Waals surface area contributed by atoms with Crippen LogP contribution in [-0.2, 0) is 6.54 Å². The molecule has 3 aromatic rings. The number of hydrogen-bond donors (Lipinski definition) is 0. The van der Waals surface area contributed by atoms with Gasteiger partial charge in [-0.2, -0.15) is 0 Å². The van der Waals surface area contributed by atoms with Gasteiger partial charge in [-0.15, -0.1) is 23.7 Å². The van der Waals surface area contributed by atoms with Crippen molar-refractivity contribution in [3.63, 3.8) is 0 Å². The Morgan fingerprint density at radius 1 is 1.14 bits per heavy atom. The number of carbonyl (C=O) groups excluding carboxylic acids is 1. The van der Waals surface area contributed by atoms with Crippen LogP contribution >= 0.6 is 23.7 Å². The second-order valence-electron chi connectivity index (χ2n) is 6.47. The van der Waals surface area contributed by atoms with E-state index in [2.05, 4.69) is 10.3 Å². The van der Waals surface area contributed by atoms with Crippen LogP contribution in [0.4, 0.5) is 5.88 Å². The quantitative estimate of drug-likeness (QED) is 0.449. The molecule has 2 aromatic heterocycles. The number of nitro groups is 1. The van der Waals surface area contributed by atoms with Crippen molar-refractivity contribution in [3.05, 3.63) is 69.4 Å². The van der Waals surface area contributed by atoms with Crippen LogP contribution < -0.4 is 0 Å². The van der Waals surface area contributed by atoms with E-state index in [4.69, 9.17) is 9.40 Å². The molecule has 0 bridgehead atoms. The van der Waals surface area contributed by atoms with Crippen molar-refractivity contribution in [1.82, 2.24) is 14.8 Å². The molecular formula is C19H19ClN4O4S. The number of nitrogens with zero attached hydrogens (tertiary/aromatic N) is 4. The average Bonchev–Trinajstić information content (AvgIpc) is 3.39. The normalized spacial score (nSPS) is 14.4. The van der Waals surface area contributed by atoms with Gasteiger partial charge in [-0.05, 0) is 6.07 Å². The third kappa shape index (κ3) is 4.81. The molecule has 10 heteroatoms. The molecule has 0 atom stereocenters. The van der Waals surface area contributed by atoms with Crippen LogP contribution in [0.3, 0.4) is 0 Å². The first kappa shape index (κ1) is 21.0. The number of piperazine rings is 1. The highest BCUT2D eigenvalue weighted by molar-refractivity contribution is 7.13. The van der Waals surface area contributed by atoms with E-state index in [-0.39, 0.29) is 24.1 Å². The molecule has 1 amide bonds.